The number of hydrogen-bond donors (Lipinski definition) is 4. The van der Waals surface area contributed by atoms with E-state index < -0.39 is 18.2 Å². The van der Waals surface area contributed by atoms with Crippen LogP contribution in [0, 0.1) is 0 Å². The molecular formula is C13H16ClNO5. The summed E-state index contributed by atoms with van der Waals surface area (Å²) in [4.78, 5) is 21.6. The van der Waals surface area contributed by atoms with Crippen LogP contribution in [0.2, 0.25) is 5.02 Å². The second kappa shape index (κ2) is 7.23. The van der Waals surface area contributed by atoms with Gasteiger partial charge in [-0.05, 0) is 12.5 Å². The minimum Gasteiger partial charge on any atom is -0.478 e. The second-order valence-corrected chi connectivity index (χ2v) is 4.68. The minimum absolute atomic E-state index is 0.105. The standard InChI is InChI=1S/C13H16ClNO5/c1-7(16)15-6-5-10(17)12(18)8-3-2-4-9(11(8)14)13(19)20/h2-4,10,12,17-18H,5-6H2,1H3,(H,15,16)(H,19,20). The molecule has 1 rings (SSSR count). The SMILES string of the molecule is CC(=O)NCCC(O)C(O)c1cccc(C(=O)O)c1Cl. The molecule has 7 heteroatoms. The van der Waals surface area contributed by atoms with E-state index >= 15 is 0 Å². The van der Waals surface area contributed by atoms with Gasteiger partial charge in [-0.3, -0.25) is 4.79 Å². The van der Waals surface area contributed by atoms with Crippen LogP contribution in [0.5, 0.6) is 0 Å². The molecule has 0 aliphatic rings. The van der Waals surface area contributed by atoms with Crippen LogP contribution in [-0.4, -0.2) is 39.8 Å². The van der Waals surface area contributed by atoms with Gasteiger partial charge in [-0.25, -0.2) is 4.79 Å². The molecule has 0 fully saturated rings. The normalized spacial score (nSPS) is 13.6. The lowest BCUT2D eigenvalue weighted by Gasteiger charge is -2.20. The molecular weight excluding hydrogens is 286 g/mol. The number of halogens is 1. The van der Waals surface area contributed by atoms with Crippen LogP contribution in [0.15, 0.2) is 18.2 Å². The number of hydrogen-bond acceptors (Lipinski definition) is 4. The first-order chi connectivity index (χ1) is 9.34. The maximum absolute atomic E-state index is 10.9. The monoisotopic (exact) mass is 301 g/mol. The van der Waals surface area contributed by atoms with Crippen LogP contribution < -0.4 is 5.32 Å². The summed E-state index contributed by atoms with van der Waals surface area (Å²) in [5.41, 5.74) is -0.000769. The molecule has 2 unspecified atom stereocenters. The average Bonchev–Trinajstić information content (AvgIpc) is 2.37. The highest BCUT2D eigenvalue weighted by Crippen LogP contribution is 2.29. The zero-order valence-corrected chi connectivity index (χ0v) is 11.6. The summed E-state index contributed by atoms with van der Waals surface area (Å²) in [6, 6.07) is 4.19. The fraction of sp³-hybridized carbons (Fsp3) is 0.385. The van der Waals surface area contributed by atoms with Crippen molar-refractivity contribution in [1.82, 2.24) is 5.32 Å². The Balaban J connectivity index is 2.81. The molecule has 0 saturated heterocycles. The molecule has 0 aliphatic heterocycles. The summed E-state index contributed by atoms with van der Waals surface area (Å²) in [6.07, 6.45) is -2.37. The zero-order valence-electron chi connectivity index (χ0n) is 10.8. The van der Waals surface area contributed by atoms with Crippen molar-refractivity contribution in [2.75, 3.05) is 6.54 Å². The van der Waals surface area contributed by atoms with Crippen molar-refractivity contribution < 1.29 is 24.9 Å². The van der Waals surface area contributed by atoms with Crippen molar-refractivity contribution in [2.45, 2.75) is 25.6 Å². The first kappa shape index (κ1) is 16.4. The molecule has 0 bridgehead atoms. The van der Waals surface area contributed by atoms with Crippen molar-refractivity contribution in [3.63, 3.8) is 0 Å². The number of aromatic carboxylic acids is 1. The Bertz CT molecular complexity index is 506. The van der Waals surface area contributed by atoms with Gasteiger partial charge >= 0.3 is 5.97 Å². The van der Waals surface area contributed by atoms with E-state index in [1.54, 1.807) is 0 Å². The molecule has 0 heterocycles. The highest BCUT2D eigenvalue weighted by molar-refractivity contribution is 6.34. The van der Waals surface area contributed by atoms with Gasteiger partial charge in [0.15, 0.2) is 0 Å². The Labute approximate surface area is 121 Å². The number of nitrogens with one attached hydrogen (secondary N) is 1. The largest absolute Gasteiger partial charge is 0.478 e. The Hall–Kier alpha value is -1.63. The molecule has 110 valence electrons. The van der Waals surface area contributed by atoms with Crippen molar-refractivity contribution in [3.05, 3.63) is 34.3 Å². The van der Waals surface area contributed by atoms with Crippen LogP contribution in [0.1, 0.15) is 35.4 Å². The van der Waals surface area contributed by atoms with Crippen LogP contribution >= 0.6 is 11.6 Å². The number of aliphatic hydroxyl groups is 2. The molecule has 0 spiro atoms. The van der Waals surface area contributed by atoms with Crippen molar-refractivity contribution in [1.29, 1.82) is 0 Å². The van der Waals surface area contributed by atoms with Crippen LogP contribution in [-0.2, 0) is 4.79 Å². The van der Waals surface area contributed by atoms with Crippen molar-refractivity contribution in [2.24, 2.45) is 0 Å². The number of carbonyl (C=O) groups is 2. The maximum Gasteiger partial charge on any atom is 0.337 e. The fourth-order valence-corrected chi connectivity index (χ4v) is 2.02. The number of carboxylic acid groups (broad SMARTS) is 1. The maximum atomic E-state index is 10.9. The van der Waals surface area contributed by atoms with E-state index in [-0.39, 0.29) is 35.0 Å². The summed E-state index contributed by atoms with van der Waals surface area (Å²) in [7, 11) is 0. The summed E-state index contributed by atoms with van der Waals surface area (Å²) in [6.45, 7) is 1.54. The Morgan fingerprint density at radius 1 is 1.35 bits per heavy atom. The quantitative estimate of drug-likeness (QED) is 0.626. The summed E-state index contributed by atoms with van der Waals surface area (Å²) < 4.78 is 0. The van der Waals surface area contributed by atoms with Gasteiger partial charge in [0.1, 0.15) is 6.10 Å². The Morgan fingerprint density at radius 3 is 2.55 bits per heavy atom. The van der Waals surface area contributed by atoms with Gasteiger partial charge in [-0.2, -0.15) is 0 Å². The number of benzene rings is 1. The number of amides is 1. The summed E-state index contributed by atoms with van der Waals surface area (Å²) in [5, 5.41) is 31.2. The number of carbonyl (C=O) groups excluding carboxylic acids is 1. The van der Waals surface area contributed by atoms with Gasteiger partial charge < -0.3 is 20.6 Å². The van der Waals surface area contributed by atoms with E-state index in [9.17, 15) is 19.8 Å². The molecule has 0 aromatic heterocycles. The Kier molecular flexibility index (Phi) is 5.94. The smallest absolute Gasteiger partial charge is 0.337 e. The zero-order chi connectivity index (χ0) is 15.3. The molecule has 4 N–H and O–H groups in total. The first-order valence-electron chi connectivity index (χ1n) is 5.97. The number of carboxylic acids is 1. The molecule has 20 heavy (non-hydrogen) atoms. The highest BCUT2D eigenvalue weighted by Gasteiger charge is 2.23. The van der Waals surface area contributed by atoms with Crippen molar-refractivity contribution >= 4 is 23.5 Å². The molecule has 0 aliphatic carbocycles. The Morgan fingerprint density at radius 2 is 2.00 bits per heavy atom. The molecule has 1 aromatic rings. The average molecular weight is 302 g/mol. The van der Waals surface area contributed by atoms with Crippen LogP contribution in [0.25, 0.3) is 0 Å². The molecule has 2 atom stereocenters. The number of rotatable bonds is 6. The third-order valence-electron chi connectivity index (χ3n) is 2.76. The first-order valence-corrected chi connectivity index (χ1v) is 6.34. The molecule has 1 amide bonds. The third kappa shape index (κ3) is 4.19. The van der Waals surface area contributed by atoms with Gasteiger partial charge in [0.2, 0.25) is 5.91 Å². The van der Waals surface area contributed by atoms with Crippen LogP contribution in [0.4, 0.5) is 0 Å². The van der Waals surface area contributed by atoms with Gasteiger partial charge in [-0.15, -0.1) is 0 Å². The van der Waals surface area contributed by atoms with E-state index in [4.69, 9.17) is 16.7 Å². The van der Waals surface area contributed by atoms with E-state index in [0.29, 0.717) is 0 Å². The fourth-order valence-electron chi connectivity index (χ4n) is 1.70. The van der Waals surface area contributed by atoms with E-state index in [1.807, 2.05) is 0 Å². The lowest BCUT2D eigenvalue weighted by molar-refractivity contribution is -0.119. The van der Waals surface area contributed by atoms with Gasteiger partial charge in [0.25, 0.3) is 0 Å². The lowest BCUT2D eigenvalue weighted by atomic mass is 10.00. The minimum atomic E-state index is -1.32. The topological polar surface area (TPSA) is 107 Å². The molecule has 1 aromatic carbocycles. The van der Waals surface area contributed by atoms with Gasteiger partial charge in [-0.1, -0.05) is 23.7 Å². The van der Waals surface area contributed by atoms with Crippen molar-refractivity contribution in [3.8, 4) is 0 Å². The predicted octanol–water partition coefficient (Wildman–Crippen LogP) is 0.959. The summed E-state index contributed by atoms with van der Waals surface area (Å²) in [5.74, 6) is -1.45. The highest BCUT2D eigenvalue weighted by atomic mass is 35.5. The lowest BCUT2D eigenvalue weighted by Crippen LogP contribution is -2.27. The molecule has 0 saturated carbocycles. The third-order valence-corrected chi connectivity index (χ3v) is 3.18. The van der Waals surface area contributed by atoms with E-state index in [2.05, 4.69) is 5.32 Å². The van der Waals surface area contributed by atoms with Gasteiger partial charge in [0, 0.05) is 19.0 Å². The van der Waals surface area contributed by atoms with Gasteiger partial charge in [0.05, 0.1) is 16.7 Å². The van der Waals surface area contributed by atoms with Crippen LogP contribution in [0.3, 0.4) is 0 Å². The van der Waals surface area contributed by atoms with E-state index in [0.717, 1.165) is 0 Å². The number of aliphatic hydroxyl groups excluding tert-OH is 2. The second-order valence-electron chi connectivity index (χ2n) is 4.30. The molecule has 6 nitrogen and oxygen atoms in total. The summed E-state index contributed by atoms with van der Waals surface area (Å²) >= 11 is 5.91. The van der Waals surface area contributed by atoms with E-state index in [1.165, 1.54) is 25.1 Å². The predicted molar refractivity (Wildman–Crippen MR) is 72.7 cm³/mol. The molecule has 0 radical (unpaired) electrons.